The first-order valence-corrected chi connectivity index (χ1v) is 6.24. The number of anilines is 1. The van der Waals surface area contributed by atoms with Crippen molar-refractivity contribution in [1.82, 2.24) is 10.3 Å². The van der Waals surface area contributed by atoms with E-state index in [-0.39, 0.29) is 16.9 Å². The molecule has 18 heavy (non-hydrogen) atoms. The van der Waals surface area contributed by atoms with Gasteiger partial charge in [-0.1, -0.05) is 0 Å². The lowest BCUT2D eigenvalue weighted by Crippen LogP contribution is -2.36. The van der Waals surface area contributed by atoms with Gasteiger partial charge in [0.15, 0.2) is 0 Å². The van der Waals surface area contributed by atoms with Crippen LogP contribution < -0.4 is 10.6 Å². The van der Waals surface area contributed by atoms with Crippen LogP contribution in [0.2, 0.25) is 0 Å². The van der Waals surface area contributed by atoms with Gasteiger partial charge in [-0.3, -0.25) is 0 Å². The Labute approximate surface area is 109 Å². The molecule has 102 valence electrons. The molecule has 0 saturated heterocycles. The summed E-state index contributed by atoms with van der Waals surface area (Å²) in [5, 5.41) is 6.64. The third-order valence-corrected chi connectivity index (χ3v) is 2.24. The zero-order valence-corrected chi connectivity index (χ0v) is 12.2. The van der Waals surface area contributed by atoms with Gasteiger partial charge in [-0.15, -0.1) is 0 Å². The minimum Gasteiger partial charge on any atom is -0.365 e. The lowest BCUT2D eigenvalue weighted by Gasteiger charge is -2.25. The molecule has 0 atom stereocenters. The van der Waals surface area contributed by atoms with Crippen molar-refractivity contribution in [3.05, 3.63) is 23.6 Å². The minimum absolute atomic E-state index is 0.00861. The second-order valence-electron chi connectivity index (χ2n) is 6.64. The zero-order valence-electron chi connectivity index (χ0n) is 12.2. The number of rotatable bonds is 3. The van der Waals surface area contributed by atoms with Crippen LogP contribution >= 0.6 is 0 Å². The van der Waals surface area contributed by atoms with Crippen LogP contribution in [0.5, 0.6) is 0 Å². The van der Waals surface area contributed by atoms with E-state index in [0.717, 1.165) is 11.4 Å². The molecule has 0 aromatic carbocycles. The summed E-state index contributed by atoms with van der Waals surface area (Å²) in [6, 6.07) is 1.53. The zero-order chi connectivity index (χ0) is 14.0. The van der Waals surface area contributed by atoms with Gasteiger partial charge in [0.25, 0.3) is 0 Å². The SMILES string of the molecule is CC(C)(C)NCc1cc(F)cnc1NC(C)(C)C. The molecule has 1 aromatic heterocycles. The summed E-state index contributed by atoms with van der Waals surface area (Å²) in [5.74, 6) is 0.431. The van der Waals surface area contributed by atoms with Crippen LogP contribution in [0.25, 0.3) is 0 Å². The second-order valence-corrected chi connectivity index (χ2v) is 6.64. The summed E-state index contributed by atoms with van der Waals surface area (Å²) in [6.07, 6.45) is 1.24. The predicted molar refractivity (Wildman–Crippen MR) is 74.2 cm³/mol. The molecule has 1 aromatic rings. The molecule has 0 fully saturated rings. The maximum Gasteiger partial charge on any atom is 0.141 e. The molecule has 0 bridgehead atoms. The van der Waals surface area contributed by atoms with Crippen LogP contribution in [0.3, 0.4) is 0 Å². The number of pyridine rings is 1. The Morgan fingerprint density at radius 3 is 2.22 bits per heavy atom. The monoisotopic (exact) mass is 253 g/mol. The Bertz CT molecular complexity index is 402. The molecule has 0 amide bonds. The highest BCUT2D eigenvalue weighted by Crippen LogP contribution is 2.19. The molecule has 0 saturated carbocycles. The number of hydrogen-bond acceptors (Lipinski definition) is 3. The molecular weight excluding hydrogens is 229 g/mol. The topological polar surface area (TPSA) is 37.0 Å². The van der Waals surface area contributed by atoms with Crippen LogP contribution in [-0.2, 0) is 6.54 Å². The lowest BCUT2D eigenvalue weighted by molar-refractivity contribution is 0.423. The molecule has 2 N–H and O–H groups in total. The summed E-state index contributed by atoms with van der Waals surface area (Å²) in [5.41, 5.74) is 0.743. The van der Waals surface area contributed by atoms with Crippen molar-refractivity contribution in [2.45, 2.75) is 59.2 Å². The van der Waals surface area contributed by atoms with Crippen LogP contribution in [0.15, 0.2) is 12.3 Å². The van der Waals surface area contributed by atoms with Gasteiger partial charge < -0.3 is 10.6 Å². The third-order valence-electron chi connectivity index (χ3n) is 2.24. The van der Waals surface area contributed by atoms with Crippen molar-refractivity contribution in [3.8, 4) is 0 Å². The van der Waals surface area contributed by atoms with Crippen LogP contribution in [0, 0.1) is 5.82 Å². The van der Waals surface area contributed by atoms with Crippen molar-refractivity contribution in [2.24, 2.45) is 0 Å². The molecule has 0 spiro atoms. The number of aromatic nitrogens is 1. The minimum atomic E-state index is -0.305. The van der Waals surface area contributed by atoms with Crippen LogP contribution in [0.1, 0.15) is 47.1 Å². The second kappa shape index (κ2) is 5.22. The number of nitrogens with one attached hydrogen (secondary N) is 2. The van der Waals surface area contributed by atoms with E-state index < -0.39 is 0 Å². The van der Waals surface area contributed by atoms with Gasteiger partial charge in [0.05, 0.1) is 6.20 Å². The maximum atomic E-state index is 13.3. The average molecular weight is 253 g/mol. The van der Waals surface area contributed by atoms with E-state index in [9.17, 15) is 4.39 Å². The Morgan fingerprint density at radius 2 is 1.72 bits per heavy atom. The van der Waals surface area contributed by atoms with Crippen molar-refractivity contribution < 1.29 is 4.39 Å². The van der Waals surface area contributed by atoms with E-state index >= 15 is 0 Å². The number of hydrogen-bond donors (Lipinski definition) is 2. The van der Waals surface area contributed by atoms with Gasteiger partial charge in [-0.2, -0.15) is 0 Å². The highest BCUT2D eigenvalue weighted by Gasteiger charge is 2.16. The third kappa shape index (κ3) is 5.45. The Kier molecular flexibility index (Phi) is 4.32. The molecule has 4 heteroatoms. The summed E-state index contributed by atoms with van der Waals surface area (Å²) in [6.45, 7) is 13.0. The summed E-state index contributed by atoms with van der Waals surface area (Å²) in [7, 11) is 0. The van der Waals surface area contributed by atoms with Gasteiger partial charge in [0.1, 0.15) is 11.6 Å². The molecule has 1 rings (SSSR count). The normalized spacial score (nSPS) is 12.6. The molecule has 0 unspecified atom stereocenters. The van der Waals surface area contributed by atoms with Gasteiger partial charge in [-0.25, -0.2) is 9.37 Å². The van der Waals surface area contributed by atoms with E-state index in [0.29, 0.717) is 6.54 Å². The molecule has 0 radical (unpaired) electrons. The predicted octanol–water partition coefficient (Wildman–Crippen LogP) is 3.32. The van der Waals surface area contributed by atoms with Crippen molar-refractivity contribution >= 4 is 5.82 Å². The fraction of sp³-hybridized carbons (Fsp3) is 0.643. The Hall–Kier alpha value is -1.16. The fourth-order valence-corrected chi connectivity index (χ4v) is 1.44. The van der Waals surface area contributed by atoms with Gasteiger partial charge >= 0.3 is 0 Å². The van der Waals surface area contributed by atoms with E-state index in [4.69, 9.17) is 0 Å². The number of nitrogens with zero attached hydrogens (tertiary/aromatic N) is 1. The van der Waals surface area contributed by atoms with E-state index in [2.05, 4.69) is 57.2 Å². The van der Waals surface area contributed by atoms with E-state index in [1.807, 2.05) is 0 Å². The van der Waals surface area contributed by atoms with Gasteiger partial charge in [0, 0.05) is 23.2 Å². The summed E-state index contributed by atoms with van der Waals surface area (Å²) < 4.78 is 13.3. The van der Waals surface area contributed by atoms with Gasteiger partial charge in [-0.05, 0) is 47.6 Å². The first-order valence-electron chi connectivity index (χ1n) is 6.24. The first-order chi connectivity index (χ1) is 8.07. The van der Waals surface area contributed by atoms with Crippen molar-refractivity contribution in [1.29, 1.82) is 0 Å². The largest absolute Gasteiger partial charge is 0.365 e. The summed E-state index contributed by atoms with van der Waals surface area (Å²) >= 11 is 0. The molecule has 0 aliphatic rings. The highest BCUT2D eigenvalue weighted by atomic mass is 19.1. The van der Waals surface area contributed by atoms with Crippen LogP contribution in [-0.4, -0.2) is 16.1 Å². The van der Waals surface area contributed by atoms with Gasteiger partial charge in [0.2, 0.25) is 0 Å². The molecular formula is C14H24FN3. The quantitative estimate of drug-likeness (QED) is 0.867. The average Bonchev–Trinajstić information content (AvgIpc) is 2.15. The number of halogens is 1. The molecule has 3 nitrogen and oxygen atoms in total. The smallest absolute Gasteiger partial charge is 0.141 e. The van der Waals surface area contributed by atoms with Crippen LogP contribution in [0.4, 0.5) is 10.2 Å². The fourth-order valence-electron chi connectivity index (χ4n) is 1.44. The molecule has 0 aliphatic heterocycles. The first kappa shape index (κ1) is 14.9. The summed E-state index contributed by atoms with van der Waals surface area (Å²) in [4.78, 5) is 4.14. The molecule has 1 heterocycles. The Balaban J connectivity index is 2.90. The highest BCUT2D eigenvalue weighted by molar-refractivity contribution is 5.45. The van der Waals surface area contributed by atoms with E-state index in [1.54, 1.807) is 0 Å². The van der Waals surface area contributed by atoms with Crippen molar-refractivity contribution in [2.75, 3.05) is 5.32 Å². The van der Waals surface area contributed by atoms with E-state index in [1.165, 1.54) is 12.3 Å². The standard InChI is InChI=1S/C14H24FN3/c1-13(2,3)17-8-10-7-11(15)9-16-12(10)18-14(4,5)6/h7,9,17H,8H2,1-6H3,(H,16,18). The van der Waals surface area contributed by atoms with Crippen molar-refractivity contribution in [3.63, 3.8) is 0 Å². The Morgan fingerprint density at radius 1 is 1.11 bits per heavy atom. The molecule has 0 aliphatic carbocycles. The maximum absolute atomic E-state index is 13.3. The lowest BCUT2D eigenvalue weighted by atomic mass is 10.1.